The number of unbranched alkanes of at least 4 members (excludes halogenated alkanes) is 1. The van der Waals surface area contributed by atoms with E-state index in [1.807, 2.05) is 37.3 Å². The van der Waals surface area contributed by atoms with Gasteiger partial charge < -0.3 is 50.4 Å². The molecule has 2 fully saturated rings. The monoisotopic (exact) mass is 820 g/mol. The van der Waals surface area contributed by atoms with E-state index < -0.39 is 70.1 Å². The second kappa shape index (κ2) is 18.5. The molecule has 0 radical (unpaired) electrons. The molecule has 0 aliphatic heterocycles. The minimum atomic E-state index is -5.19. The van der Waals surface area contributed by atoms with E-state index >= 15 is 0 Å². The summed E-state index contributed by atoms with van der Waals surface area (Å²) in [5.74, 6) is 0.0195. The Hall–Kier alpha value is -4.07. The first-order valence-electron chi connectivity index (χ1n) is 18.3. The zero-order valence-corrected chi connectivity index (χ0v) is 32.6. The molecule has 5 rings (SSSR count). The van der Waals surface area contributed by atoms with Gasteiger partial charge in [-0.05, 0) is 67.5 Å². The van der Waals surface area contributed by atoms with E-state index in [1.165, 1.54) is 18.2 Å². The molecule has 5 atom stereocenters. The molecule has 306 valence electrons. The Morgan fingerprint density at radius 1 is 1.09 bits per heavy atom. The van der Waals surface area contributed by atoms with Gasteiger partial charge in [0, 0.05) is 28.5 Å². The van der Waals surface area contributed by atoms with Crippen molar-refractivity contribution in [3.05, 3.63) is 77.1 Å². The highest BCUT2D eigenvalue weighted by atomic mass is 35.5. The van der Waals surface area contributed by atoms with Crippen molar-refractivity contribution in [3.63, 3.8) is 0 Å². The fourth-order valence-corrected chi connectivity index (χ4v) is 7.67. The van der Waals surface area contributed by atoms with E-state index in [4.69, 9.17) is 25.8 Å². The number of nitrogens with zero attached hydrogens (tertiary/aromatic N) is 1. The Morgan fingerprint density at radius 2 is 1.82 bits per heavy atom. The number of sulfonamides is 1. The lowest BCUT2D eigenvalue weighted by Crippen LogP contribution is -2.64. The average molecular weight is 821 g/mol. The first kappa shape index (κ1) is 43.1. The fraction of sp³-hybridized carbons (Fsp3) is 0.500. The third-order valence-electron chi connectivity index (χ3n) is 9.79. The Labute approximate surface area is 330 Å². The minimum absolute atomic E-state index is 0.0398. The molecule has 2 aromatic carbocycles. The van der Waals surface area contributed by atoms with Gasteiger partial charge in [-0.15, -0.1) is 0 Å². The second-order valence-electron chi connectivity index (χ2n) is 14.0. The van der Waals surface area contributed by atoms with E-state index in [0.717, 1.165) is 55.2 Å². The van der Waals surface area contributed by atoms with Crippen molar-refractivity contribution in [1.29, 1.82) is 0 Å². The molecule has 56 heavy (non-hydrogen) atoms. The van der Waals surface area contributed by atoms with Crippen molar-refractivity contribution in [2.75, 3.05) is 25.0 Å². The number of amides is 2. The van der Waals surface area contributed by atoms with Crippen LogP contribution in [0.2, 0.25) is 5.02 Å². The van der Waals surface area contributed by atoms with Crippen molar-refractivity contribution in [2.45, 2.75) is 99.5 Å². The molecule has 2 amide bonds. The van der Waals surface area contributed by atoms with Crippen LogP contribution in [0.15, 0.2) is 60.9 Å². The van der Waals surface area contributed by atoms with Gasteiger partial charge in [-0.3, -0.25) is 9.71 Å². The number of benzene rings is 2. The number of aliphatic hydroxyl groups excluding tert-OH is 4. The summed E-state index contributed by atoms with van der Waals surface area (Å²) in [6, 6.07) is 11.6. The molecule has 1 aromatic heterocycles. The zero-order valence-electron chi connectivity index (χ0n) is 31.1. The number of anilines is 1. The summed E-state index contributed by atoms with van der Waals surface area (Å²) >= 11 is 6.61. The minimum Gasteiger partial charge on any atom is -0.490 e. The van der Waals surface area contributed by atoms with Gasteiger partial charge in [0.2, 0.25) is 4.93 Å². The van der Waals surface area contributed by atoms with E-state index in [2.05, 4.69) is 20.3 Å². The first-order chi connectivity index (χ1) is 26.7. The second-order valence-corrected chi connectivity index (χ2v) is 16.3. The fourth-order valence-electron chi connectivity index (χ4n) is 6.10. The Morgan fingerprint density at radius 3 is 2.46 bits per heavy atom. The molecule has 0 spiro atoms. The summed E-state index contributed by atoms with van der Waals surface area (Å²) in [4.78, 5) is 25.9. The van der Waals surface area contributed by atoms with Crippen LogP contribution in [0.5, 0.6) is 5.75 Å². The van der Waals surface area contributed by atoms with Crippen molar-refractivity contribution < 1.29 is 57.8 Å². The van der Waals surface area contributed by atoms with Crippen LogP contribution >= 0.6 is 11.6 Å². The number of nitrogens with one attached hydrogen (secondary N) is 3. The third kappa shape index (κ3) is 10.1. The van der Waals surface area contributed by atoms with Gasteiger partial charge in [0.1, 0.15) is 30.1 Å². The third-order valence-corrected chi connectivity index (χ3v) is 12.0. The van der Waals surface area contributed by atoms with Gasteiger partial charge in [-0.2, -0.15) is 0 Å². The van der Waals surface area contributed by atoms with Crippen LogP contribution in [-0.2, 0) is 36.5 Å². The SMILES string of the molecule is CCCC[C@H](NC(=O)NC[C@@](O)([C@H](O)[C@H](O)[C@H](O)CO)S(=O)(=O)Nc1ccc(COC2(c3cnccc3-c3ccccc3OC3CC3)CC2)c(Cl)c1)C(=O)OC. The van der Waals surface area contributed by atoms with Crippen molar-refractivity contribution >= 4 is 39.3 Å². The van der Waals surface area contributed by atoms with Gasteiger partial charge in [-0.25, -0.2) is 18.0 Å². The zero-order chi connectivity index (χ0) is 40.7. The molecule has 1 heterocycles. The Balaban J connectivity index is 1.31. The predicted molar refractivity (Wildman–Crippen MR) is 205 cm³/mol. The van der Waals surface area contributed by atoms with Gasteiger partial charge in [-0.1, -0.05) is 55.6 Å². The van der Waals surface area contributed by atoms with Crippen LogP contribution in [0.1, 0.15) is 63.0 Å². The molecular formula is C38H49ClN4O12S. The van der Waals surface area contributed by atoms with Gasteiger partial charge in [0.25, 0.3) is 10.0 Å². The number of aliphatic hydroxyl groups is 5. The normalized spacial score (nSPS) is 18.1. The van der Waals surface area contributed by atoms with E-state index in [0.29, 0.717) is 18.4 Å². The molecule has 0 unspecified atom stereocenters. The Bertz CT molecular complexity index is 1950. The van der Waals surface area contributed by atoms with Crippen molar-refractivity contribution in [2.24, 2.45) is 0 Å². The van der Waals surface area contributed by atoms with Gasteiger partial charge >= 0.3 is 12.0 Å². The van der Waals surface area contributed by atoms with E-state index in [9.17, 15) is 43.5 Å². The number of esters is 1. The lowest BCUT2D eigenvalue weighted by atomic mass is 9.96. The van der Waals surface area contributed by atoms with Crippen LogP contribution in [0.4, 0.5) is 10.5 Å². The molecule has 8 N–H and O–H groups in total. The maximum atomic E-state index is 13.8. The number of carbonyl (C=O) groups excluding carboxylic acids is 2. The topological polar surface area (TPSA) is 246 Å². The summed E-state index contributed by atoms with van der Waals surface area (Å²) in [6.45, 7) is -0.443. The lowest BCUT2D eigenvalue weighted by molar-refractivity contribution is -0.143. The number of urea groups is 1. The highest BCUT2D eigenvalue weighted by molar-refractivity contribution is 7.94. The molecule has 2 saturated carbocycles. The standard InChI is InChI=1S/C38H49ClN4O12S/c1-3-4-8-30(35(48)53-2)42-36(49)41-22-38(50,34(47)33(46)31(45)20-44)56(51,52)43-24-11-10-23(29(39)18-24)21-54-37(15-16-37)28-19-40-17-14-26(28)27-7-5-6-9-32(27)55-25-12-13-25/h5-7,9-11,14,17-19,25,30-31,33-34,43-47,50H,3-4,8,12-13,15-16,20-22H2,1-2H3,(H2,41,42,49)/t30-,31+,33+,34+,38-/m0/s1. The first-order valence-corrected chi connectivity index (χ1v) is 20.2. The quantitative estimate of drug-likeness (QED) is 0.0722. The smallest absolute Gasteiger partial charge is 0.328 e. The number of rotatable bonds is 21. The predicted octanol–water partition coefficient (Wildman–Crippen LogP) is 2.69. The summed E-state index contributed by atoms with van der Waals surface area (Å²) in [5, 5.41) is 56.6. The number of aromatic nitrogens is 1. The van der Waals surface area contributed by atoms with Crippen molar-refractivity contribution in [3.8, 4) is 16.9 Å². The number of hydrogen-bond acceptors (Lipinski definition) is 13. The maximum Gasteiger partial charge on any atom is 0.328 e. The van der Waals surface area contributed by atoms with Crippen LogP contribution < -0.4 is 20.1 Å². The summed E-state index contributed by atoms with van der Waals surface area (Å²) in [7, 11) is -4.06. The maximum absolute atomic E-state index is 13.8. The number of methoxy groups -OCH3 is 1. The number of hydrogen-bond donors (Lipinski definition) is 8. The van der Waals surface area contributed by atoms with Crippen LogP contribution in [0.25, 0.3) is 11.1 Å². The van der Waals surface area contributed by atoms with Gasteiger partial charge in [0.05, 0.1) is 44.3 Å². The molecule has 0 bridgehead atoms. The van der Waals surface area contributed by atoms with E-state index in [-0.39, 0.29) is 29.8 Å². The summed E-state index contributed by atoms with van der Waals surface area (Å²) in [6.07, 6.45) is 1.46. The summed E-state index contributed by atoms with van der Waals surface area (Å²) < 4.78 is 47.0. The number of carbonyl (C=O) groups is 2. The molecule has 2 aliphatic carbocycles. The molecular weight excluding hydrogens is 772 g/mol. The number of halogens is 1. The highest BCUT2D eigenvalue weighted by Gasteiger charge is 2.53. The lowest BCUT2D eigenvalue weighted by Gasteiger charge is -2.36. The molecule has 18 heteroatoms. The van der Waals surface area contributed by atoms with Crippen LogP contribution in [0.3, 0.4) is 0 Å². The average Bonchev–Trinajstić information content (AvgIpc) is 4.14. The Kier molecular flexibility index (Phi) is 14.2. The highest BCUT2D eigenvalue weighted by Crippen LogP contribution is 2.53. The van der Waals surface area contributed by atoms with Crippen LogP contribution in [0, 0.1) is 0 Å². The molecule has 2 aliphatic rings. The molecule has 0 saturated heterocycles. The summed E-state index contributed by atoms with van der Waals surface area (Å²) in [5.41, 5.74) is 2.43. The van der Waals surface area contributed by atoms with E-state index in [1.54, 1.807) is 12.4 Å². The molecule has 16 nitrogen and oxygen atoms in total. The van der Waals surface area contributed by atoms with Crippen LogP contribution in [-0.4, -0.2) is 107 Å². The number of para-hydroxylation sites is 1. The number of pyridine rings is 1. The van der Waals surface area contributed by atoms with Crippen molar-refractivity contribution in [1.82, 2.24) is 15.6 Å². The van der Waals surface area contributed by atoms with Gasteiger partial charge in [0.15, 0.2) is 0 Å². The largest absolute Gasteiger partial charge is 0.490 e. The number of ether oxygens (including phenoxy) is 3. The molecule has 3 aromatic rings.